The van der Waals surface area contributed by atoms with E-state index in [1.165, 1.54) is 24.3 Å². The first-order valence-electron chi connectivity index (χ1n) is 9.95. The predicted octanol–water partition coefficient (Wildman–Crippen LogP) is 3.92. The van der Waals surface area contributed by atoms with Crippen LogP contribution in [0.2, 0.25) is 0 Å². The Morgan fingerprint density at radius 2 is 1.73 bits per heavy atom. The van der Waals surface area contributed by atoms with Crippen LogP contribution in [-0.4, -0.2) is 35.9 Å². The minimum atomic E-state index is -4.54. The largest absolute Gasteiger partial charge is 0.586 e. The molecule has 2 aromatic rings. The fraction of sp³-hybridized carbons (Fsp3) is 0.429. The quantitative estimate of drug-likeness (QED) is 0.616. The van der Waals surface area contributed by atoms with Gasteiger partial charge in [-0.3, -0.25) is 9.78 Å². The van der Waals surface area contributed by atoms with E-state index in [2.05, 4.69) is 19.8 Å². The highest BCUT2D eigenvalue weighted by atomic mass is 19.4. The lowest BCUT2D eigenvalue weighted by atomic mass is 9.39. The summed E-state index contributed by atoms with van der Waals surface area (Å²) in [5.41, 5.74) is -1.58. The number of nitrogens with zero attached hydrogens (tertiary/aromatic N) is 1. The average Bonchev–Trinajstić information content (AvgIpc) is 2.99. The predicted molar refractivity (Wildman–Crippen MR) is 100 cm³/mol. The van der Waals surface area contributed by atoms with E-state index in [1.54, 1.807) is 0 Å². The fourth-order valence-electron chi connectivity index (χ4n) is 4.68. The molecule has 176 valence electrons. The second-order valence-electron chi connectivity index (χ2n) is 8.59. The molecule has 0 saturated heterocycles. The van der Waals surface area contributed by atoms with E-state index in [4.69, 9.17) is 9.47 Å². The van der Waals surface area contributed by atoms with Crippen molar-refractivity contribution < 1.29 is 45.7 Å². The number of hydrogen-bond acceptors (Lipinski definition) is 6. The molecule has 6 rings (SSSR count). The van der Waals surface area contributed by atoms with Crippen molar-refractivity contribution in [3.63, 3.8) is 0 Å². The molecule has 1 aromatic carbocycles. The van der Waals surface area contributed by atoms with Crippen LogP contribution in [0.5, 0.6) is 23.0 Å². The molecular weight excluding hydrogens is 455 g/mol. The van der Waals surface area contributed by atoms with Crippen LogP contribution in [0, 0.1) is 5.41 Å². The van der Waals surface area contributed by atoms with Gasteiger partial charge < -0.3 is 24.3 Å². The Labute approximate surface area is 183 Å². The number of halogens is 5. The molecule has 4 aliphatic rings. The molecule has 0 radical (unpaired) electrons. The first-order chi connectivity index (χ1) is 15.5. The van der Waals surface area contributed by atoms with Crippen LogP contribution in [0.25, 0.3) is 0 Å². The molecule has 33 heavy (non-hydrogen) atoms. The second kappa shape index (κ2) is 7.09. The van der Waals surface area contributed by atoms with E-state index in [-0.39, 0.29) is 53.1 Å². The van der Waals surface area contributed by atoms with Crippen molar-refractivity contribution in [2.45, 2.75) is 37.3 Å². The zero-order chi connectivity index (χ0) is 23.5. The Bertz CT molecular complexity index is 1090. The number of amides is 1. The van der Waals surface area contributed by atoms with Gasteiger partial charge in [0.25, 0.3) is 5.91 Å². The van der Waals surface area contributed by atoms with E-state index in [1.807, 2.05) is 0 Å². The highest BCUT2D eigenvalue weighted by molar-refractivity contribution is 5.79. The van der Waals surface area contributed by atoms with Gasteiger partial charge in [-0.1, -0.05) is 0 Å². The van der Waals surface area contributed by atoms with Crippen molar-refractivity contribution in [3.8, 4) is 23.0 Å². The number of benzene rings is 1. The highest BCUT2D eigenvalue weighted by Gasteiger charge is 2.68. The van der Waals surface area contributed by atoms with Gasteiger partial charge in [0, 0.05) is 29.3 Å². The fourth-order valence-corrected chi connectivity index (χ4v) is 4.68. The SMILES string of the molecule is O=C(COc1ccc2c(c1)OC(F)(F)O2)NC12CC(COc3ccnc(C(F)(F)F)c3)(C1)C2. The number of pyridine rings is 1. The van der Waals surface area contributed by atoms with Gasteiger partial charge in [0.2, 0.25) is 0 Å². The monoisotopic (exact) mass is 472 g/mol. The van der Waals surface area contributed by atoms with Crippen molar-refractivity contribution >= 4 is 5.91 Å². The molecule has 1 aliphatic heterocycles. The summed E-state index contributed by atoms with van der Waals surface area (Å²) >= 11 is 0. The van der Waals surface area contributed by atoms with Crippen LogP contribution < -0.4 is 24.3 Å². The number of alkyl halides is 5. The average molecular weight is 472 g/mol. The summed E-state index contributed by atoms with van der Waals surface area (Å²) in [4.78, 5) is 15.5. The summed E-state index contributed by atoms with van der Waals surface area (Å²) in [5, 5.41) is 2.89. The number of nitrogens with one attached hydrogen (secondary N) is 1. The first-order valence-corrected chi connectivity index (χ1v) is 9.95. The minimum Gasteiger partial charge on any atom is -0.493 e. The molecule has 3 saturated carbocycles. The zero-order valence-electron chi connectivity index (χ0n) is 16.9. The maximum absolute atomic E-state index is 13.1. The van der Waals surface area contributed by atoms with Gasteiger partial charge in [0.05, 0.1) is 6.61 Å². The number of carbonyl (C=O) groups excluding carboxylic acids is 1. The van der Waals surface area contributed by atoms with Crippen molar-refractivity contribution in [1.29, 1.82) is 0 Å². The molecule has 2 bridgehead atoms. The van der Waals surface area contributed by atoms with Gasteiger partial charge in [-0.15, -0.1) is 8.78 Å². The number of ether oxygens (including phenoxy) is 4. The summed E-state index contributed by atoms with van der Waals surface area (Å²) < 4.78 is 83.9. The molecule has 1 N–H and O–H groups in total. The number of fused-ring (bicyclic) bond motifs is 1. The maximum atomic E-state index is 13.1. The molecule has 0 spiro atoms. The Kier molecular flexibility index (Phi) is 4.63. The molecule has 1 aromatic heterocycles. The number of rotatable bonds is 7. The van der Waals surface area contributed by atoms with E-state index >= 15 is 0 Å². The minimum absolute atomic E-state index is 0.0926. The van der Waals surface area contributed by atoms with Crippen LogP contribution in [0.1, 0.15) is 25.0 Å². The molecule has 12 heteroatoms. The van der Waals surface area contributed by atoms with E-state index in [0.717, 1.165) is 12.3 Å². The number of aromatic nitrogens is 1. The Hall–Kier alpha value is -3.31. The van der Waals surface area contributed by atoms with E-state index in [0.29, 0.717) is 19.3 Å². The second-order valence-corrected chi connectivity index (χ2v) is 8.59. The van der Waals surface area contributed by atoms with Crippen LogP contribution in [0.15, 0.2) is 36.5 Å². The van der Waals surface area contributed by atoms with Gasteiger partial charge in [-0.2, -0.15) is 13.2 Å². The zero-order valence-corrected chi connectivity index (χ0v) is 16.9. The third-order valence-electron chi connectivity index (χ3n) is 5.85. The van der Waals surface area contributed by atoms with E-state index < -0.39 is 18.2 Å². The number of hydrogen-bond donors (Lipinski definition) is 1. The topological polar surface area (TPSA) is 78.9 Å². The molecule has 0 unspecified atom stereocenters. The van der Waals surface area contributed by atoms with Crippen LogP contribution >= 0.6 is 0 Å². The molecule has 1 amide bonds. The van der Waals surface area contributed by atoms with Gasteiger partial charge in [0.15, 0.2) is 18.1 Å². The van der Waals surface area contributed by atoms with Gasteiger partial charge in [0.1, 0.15) is 17.2 Å². The molecule has 0 atom stereocenters. The smallest absolute Gasteiger partial charge is 0.493 e. The van der Waals surface area contributed by atoms with Crippen molar-refractivity contribution in [1.82, 2.24) is 10.3 Å². The summed E-state index contributed by atoms with van der Waals surface area (Å²) in [6.45, 7) is -0.0806. The van der Waals surface area contributed by atoms with Crippen molar-refractivity contribution in [2.24, 2.45) is 5.41 Å². The summed E-state index contributed by atoms with van der Waals surface area (Å²) in [5.74, 6) is -0.426. The van der Waals surface area contributed by atoms with Crippen LogP contribution in [-0.2, 0) is 11.0 Å². The Morgan fingerprint density at radius 3 is 2.45 bits per heavy atom. The van der Waals surface area contributed by atoms with Gasteiger partial charge in [-0.05, 0) is 37.5 Å². The Balaban J connectivity index is 1.07. The third kappa shape index (κ3) is 4.21. The molecule has 3 fully saturated rings. The summed E-state index contributed by atoms with van der Waals surface area (Å²) in [6, 6.07) is 6.08. The van der Waals surface area contributed by atoms with Crippen molar-refractivity contribution in [2.75, 3.05) is 13.2 Å². The lowest BCUT2D eigenvalue weighted by Crippen LogP contribution is -2.76. The highest BCUT2D eigenvalue weighted by Crippen LogP contribution is 2.67. The Morgan fingerprint density at radius 1 is 1.03 bits per heavy atom. The van der Waals surface area contributed by atoms with Gasteiger partial charge >= 0.3 is 12.5 Å². The first kappa shape index (κ1) is 21.5. The summed E-state index contributed by atoms with van der Waals surface area (Å²) in [7, 11) is 0. The van der Waals surface area contributed by atoms with Crippen LogP contribution in [0.3, 0.4) is 0 Å². The van der Waals surface area contributed by atoms with Gasteiger partial charge in [-0.25, -0.2) is 0 Å². The standard InChI is InChI=1S/C21H17F5N2O5/c22-20(23,24)16-6-13(3-4-27-16)31-11-18-8-19(9-18,10-18)28-17(29)7-30-12-1-2-14-15(5-12)33-21(25,26)32-14/h1-6H,7-11H2,(H,28,29). The van der Waals surface area contributed by atoms with Crippen LogP contribution in [0.4, 0.5) is 22.0 Å². The normalized spacial score (nSPS) is 26.1. The molecular formula is C21H17F5N2O5. The lowest BCUT2D eigenvalue weighted by molar-refractivity contribution is -0.286. The third-order valence-corrected chi connectivity index (χ3v) is 5.85. The summed E-state index contributed by atoms with van der Waals surface area (Å²) in [6.07, 6.45) is -5.31. The van der Waals surface area contributed by atoms with E-state index in [9.17, 15) is 26.7 Å². The maximum Gasteiger partial charge on any atom is 0.586 e. The lowest BCUT2D eigenvalue weighted by Gasteiger charge is -2.70. The molecule has 7 nitrogen and oxygen atoms in total. The molecule has 2 heterocycles. The molecule has 3 aliphatic carbocycles. The number of carbonyl (C=O) groups is 1. The van der Waals surface area contributed by atoms with Crippen molar-refractivity contribution in [3.05, 3.63) is 42.2 Å².